The first-order chi connectivity index (χ1) is 9.97. The first-order valence-corrected chi connectivity index (χ1v) is 6.73. The maximum Gasteiger partial charge on any atom is 0.346 e. The monoisotopic (exact) mass is 306 g/mol. The van der Waals surface area contributed by atoms with Crippen LogP contribution in [0.2, 0.25) is 0 Å². The van der Waals surface area contributed by atoms with Crippen LogP contribution in [0.3, 0.4) is 0 Å². The van der Waals surface area contributed by atoms with E-state index in [1.807, 2.05) is 0 Å². The number of fused-ring (bicyclic) bond motifs is 1. The van der Waals surface area contributed by atoms with Gasteiger partial charge in [-0.3, -0.25) is 9.36 Å². The van der Waals surface area contributed by atoms with Crippen LogP contribution in [0, 0.1) is 6.92 Å². The fourth-order valence-electron chi connectivity index (χ4n) is 2.01. The summed E-state index contributed by atoms with van der Waals surface area (Å²) < 4.78 is 1.34. The minimum absolute atomic E-state index is 0.130. The van der Waals surface area contributed by atoms with Gasteiger partial charge in [0.05, 0.1) is 25.3 Å². The summed E-state index contributed by atoms with van der Waals surface area (Å²) in [5.41, 5.74) is 0.121. The first-order valence-electron chi connectivity index (χ1n) is 5.92. The van der Waals surface area contributed by atoms with Crippen LogP contribution in [0.1, 0.15) is 21.1 Å². The predicted molar refractivity (Wildman–Crippen MR) is 73.5 cm³/mol. The summed E-state index contributed by atoms with van der Waals surface area (Å²) in [5.74, 6) is -0.677. The Bertz CT molecular complexity index is 908. The van der Waals surface area contributed by atoms with Gasteiger partial charge in [-0.25, -0.2) is 9.78 Å². The average molecular weight is 306 g/mol. The molecule has 3 aromatic rings. The molecular weight excluding hydrogens is 296 g/mol. The SMILES string of the molecule is Cc1c(C(=O)O)sc2ncn(Cc3nnn(C)n3)c(=O)c12. The molecule has 0 saturated carbocycles. The Kier molecular flexibility index (Phi) is 3.01. The Balaban J connectivity index is 2.13. The Morgan fingerprint density at radius 1 is 1.48 bits per heavy atom. The molecule has 3 aromatic heterocycles. The average Bonchev–Trinajstić information content (AvgIpc) is 2.97. The molecule has 0 aliphatic rings. The second-order valence-corrected chi connectivity index (χ2v) is 5.41. The molecule has 0 amide bonds. The van der Waals surface area contributed by atoms with E-state index >= 15 is 0 Å². The highest BCUT2D eigenvalue weighted by molar-refractivity contribution is 7.20. The minimum atomic E-state index is -1.06. The number of tetrazole rings is 1. The second kappa shape index (κ2) is 4.74. The van der Waals surface area contributed by atoms with E-state index in [-0.39, 0.29) is 17.0 Å². The van der Waals surface area contributed by atoms with Gasteiger partial charge in [0.15, 0.2) is 5.82 Å². The van der Waals surface area contributed by atoms with Crippen molar-refractivity contribution < 1.29 is 9.90 Å². The van der Waals surface area contributed by atoms with Gasteiger partial charge in [-0.2, -0.15) is 4.80 Å². The van der Waals surface area contributed by atoms with Crippen LogP contribution in [0.15, 0.2) is 11.1 Å². The summed E-state index contributed by atoms with van der Waals surface area (Å²) in [6.07, 6.45) is 1.36. The van der Waals surface area contributed by atoms with Crippen molar-refractivity contribution in [2.75, 3.05) is 0 Å². The lowest BCUT2D eigenvalue weighted by Crippen LogP contribution is -2.21. The first kappa shape index (κ1) is 13.4. The van der Waals surface area contributed by atoms with Gasteiger partial charge in [-0.1, -0.05) is 0 Å². The van der Waals surface area contributed by atoms with Crippen molar-refractivity contribution in [3.8, 4) is 0 Å². The molecule has 0 unspecified atom stereocenters. The number of aryl methyl sites for hydroxylation is 2. The lowest BCUT2D eigenvalue weighted by Gasteiger charge is -2.01. The van der Waals surface area contributed by atoms with Gasteiger partial charge in [-0.15, -0.1) is 21.5 Å². The number of thiophene rings is 1. The summed E-state index contributed by atoms with van der Waals surface area (Å²) in [7, 11) is 1.63. The molecule has 0 saturated heterocycles. The summed E-state index contributed by atoms with van der Waals surface area (Å²) in [6, 6.07) is 0. The van der Waals surface area contributed by atoms with Crippen molar-refractivity contribution in [2.24, 2.45) is 7.05 Å². The third-order valence-corrected chi connectivity index (χ3v) is 4.16. The molecule has 0 radical (unpaired) electrons. The molecule has 10 heteroatoms. The quantitative estimate of drug-likeness (QED) is 0.726. The van der Waals surface area contributed by atoms with Crippen molar-refractivity contribution in [1.82, 2.24) is 29.8 Å². The van der Waals surface area contributed by atoms with E-state index < -0.39 is 5.97 Å². The Hall–Kier alpha value is -2.62. The molecular formula is C11H10N6O3S. The lowest BCUT2D eigenvalue weighted by molar-refractivity contribution is 0.0701. The van der Waals surface area contributed by atoms with E-state index in [1.54, 1.807) is 14.0 Å². The molecule has 0 aliphatic carbocycles. The molecule has 0 fully saturated rings. The number of carbonyl (C=O) groups is 1. The van der Waals surface area contributed by atoms with E-state index in [1.165, 1.54) is 15.7 Å². The third-order valence-electron chi connectivity index (χ3n) is 2.97. The number of nitrogens with zero attached hydrogens (tertiary/aromatic N) is 6. The summed E-state index contributed by atoms with van der Waals surface area (Å²) in [5, 5.41) is 20.9. The van der Waals surface area contributed by atoms with Crippen LogP contribution in [-0.4, -0.2) is 40.8 Å². The van der Waals surface area contributed by atoms with Gasteiger partial charge in [0.2, 0.25) is 0 Å². The highest BCUT2D eigenvalue weighted by atomic mass is 32.1. The number of rotatable bonds is 3. The van der Waals surface area contributed by atoms with Crippen molar-refractivity contribution >= 4 is 27.5 Å². The Labute approximate surface area is 121 Å². The number of hydrogen-bond acceptors (Lipinski definition) is 7. The molecule has 0 aromatic carbocycles. The zero-order chi connectivity index (χ0) is 15.1. The maximum atomic E-state index is 12.5. The van der Waals surface area contributed by atoms with Gasteiger partial charge in [-0.05, 0) is 17.7 Å². The molecule has 108 valence electrons. The van der Waals surface area contributed by atoms with Gasteiger partial charge in [0.1, 0.15) is 9.71 Å². The molecule has 21 heavy (non-hydrogen) atoms. The maximum absolute atomic E-state index is 12.5. The van der Waals surface area contributed by atoms with E-state index in [9.17, 15) is 9.59 Å². The standard InChI is InChI=1S/C11H10N6O3S/c1-5-7-9(21-8(5)11(19)20)12-4-17(10(7)18)3-6-13-15-16(2)14-6/h4H,3H2,1-2H3,(H,19,20). The van der Waals surface area contributed by atoms with Gasteiger partial charge >= 0.3 is 5.97 Å². The fourth-order valence-corrected chi connectivity index (χ4v) is 2.99. The van der Waals surface area contributed by atoms with E-state index in [0.717, 1.165) is 11.3 Å². The molecule has 3 heterocycles. The molecule has 9 nitrogen and oxygen atoms in total. The number of hydrogen-bond donors (Lipinski definition) is 1. The third kappa shape index (κ3) is 2.18. The molecule has 0 spiro atoms. The summed E-state index contributed by atoms with van der Waals surface area (Å²) in [6.45, 7) is 1.74. The van der Waals surface area contributed by atoms with E-state index in [4.69, 9.17) is 5.11 Å². The normalized spacial score (nSPS) is 11.1. The number of carboxylic acids is 1. The molecule has 1 N–H and O–H groups in total. The van der Waals surface area contributed by atoms with Gasteiger partial charge in [0, 0.05) is 0 Å². The molecule has 0 bridgehead atoms. The molecule has 0 atom stereocenters. The van der Waals surface area contributed by atoms with E-state index in [2.05, 4.69) is 20.4 Å². The molecule has 3 rings (SSSR count). The summed E-state index contributed by atoms with van der Waals surface area (Å²) in [4.78, 5) is 29.6. The predicted octanol–water partition coefficient (Wildman–Crippen LogP) is 0.0364. The van der Waals surface area contributed by atoms with Crippen LogP contribution in [0.4, 0.5) is 0 Å². The molecule has 0 aliphatic heterocycles. The fraction of sp³-hybridized carbons (Fsp3) is 0.273. The number of carboxylic acid groups (broad SMARTS) is 1. The van der Waals surface area contributed by atoms with Gasteiger partial charge in [0.25, 0.3) is 5.56 Å². The van der Waals surface area contributed by atoms with Crippen LogP contribution >= 0.6 is 11.3 Å². The highest BCUT2D eigenvalue weighted by Crippen LogP contribution is 2.26. The second-order valence-electron chi connectivity index (χ2n) is 4.41. The zero-order valence-corrected chi connectivity index (χ0v) is 12.0. The van der Waals surface area contributed by atoms with Crippen molar-refractivity contribution in [2.45, 2.75) is 13.5 Å². The Morgan fingerprint density at radius 2 is 2.24 bits per heavy atom. The van der Waals surface area contributed by atoms with Crippen LogP contribution in [0.5, 0.6) is 0 Å². The van der Waals surface area contributed by atoms with Crippen molar-refractivity contribution in [3.05, 3.63) is 32.9 Å². The van der Waals surface area contributed by atoms with Crippen LogP contribution in [0.25, 0.3) is 10.2 Å². The largest absolute Gasteiger partial charge is 0.477 e. The van der Waals surface area contributed by atoms with Crippen molar-refractivity contribution in [1.29, 1.82) is 0 Å². The van der Waals surface area contributed by atoms with Crippen LogP contribution in [-0.2, 0) is 13.6 Å². The topological polar surface area (TPSA) is 116 Å². The lowest BCUT2D eigenvalue weighted by atomic mass is 10.2. The number of aromatic nitrogens is 6. The zero-order valence-electron chi connectivity index (χ0n) is 11.1. The number of aromatic carboxylic acids is 1. The highest BCUT2D eigenvalue weighted by Gasteiger charge is 2.19. The Morgan fingerprint density at radius 3 is 2.86 bits per heavy atom. The van der Waals surface area contributed by atoms with E-state index in [0.29, 0.717) is 21.6 Å². The van der Waals surface area contributed by atoms with Crippen molar-refractivity contribution in [3.63, 3.8) is 0 Å². The minimum Gasteiger partial charge on any atom is -0.477 e. The smallest absolute Gasteiger partial charge is 0.346 e. The van der Waals surface area contributed by atoms with Crippen LogP contribution < -0.4 is 5.56 Å². The summed E-state index contributed by atoms with van der Waals surface area (Å²) >= 11 is 0.994. The van der Waals surface area contributed by atoms with Gasteiger partial charge < -0.3 is 5.11 Å².